The summed E-state index contributed by atoms with van der Waals surface area (Å²) < 4.78 is 0. The van der Waals surface area contributed by atoms with Gasteiger partial charge in [-0.05, 0) is 36.3 Å². The zero-order valence-corrected chi connectivity index (χ0v) is 12.3. The minimum atomic E-state index is -0.234. The smallest absolute Gasteiger partial charge is 0.143 e. The molecule has 102 valence electrons. The van der Waals surface area contributed by atoms with E-state index >= 15 is 0 Å². The van der Waals surface area contributed by atoms with E-state index in [1.54, 1.807) is 6.08 Å². The van der Waals surface area contributed by atoms with E-state index < -0.39 is 0 Å². The first kappa shape index (κ1) is 12.9. The van der Waals surface area contributed by atoms with Gasteiger partial charge < -0.3 is 4.90 Å². The van der Waals surface area contributed by atoms with Gasteiger partial charge in [0, 0.05) is 12.5 Å². The Morgan fingerprint density at radius 2 is 1.95 bits per heavy atom. The fourth-order valence-corrected chi connectivity index (χ4v) is 3.29. The molecule has 1 heterocycles. The zero-order valence-electron chi connectivity index (χ0n) is 12.3. The normalized spacial score (nSPS) is 21.7. The lowest BCUT2D eigenvalue weighted by Gasteiger charge is -2.31. The van der Waals surface area contributed by atoms with Crippen LogP contribution in [0.15, 0.2) is 52.2 Å². The van der Waals surface area contributed by atoms with Crippen LogP contribution in [0, 0.1) is 5.41 Å². The monoisotopic (exact) mass is 266 g/mol. The van der Waals surface area contributed by atoms with Crippen LogP contribution in [-0.4, -0.2) is 19.0 Å². The van der Waals surface area contributed by atoms with E-state index in [1.165, 1.54) is 0 Å². The second-order valence-electron chi connectivity index (χ2n) is 5.82. The average molecular weight is 266 g/mol. The molecule has 1 aromatic carbocycles. The lowest BCUT2D eigenvalue weighted by Crippen LogP contribution is -2.31. The van der Waals surface area contributed by atoms with E-state index in [9.17, 15) is 4.79 Å². The van der Waals surface area contributed by atoms with E-state index in [4.69, 9.17) is 4.99 Å². The minimum Gasteiger partial charge on any atom is -0.341 e. The second kappa shape index (κ2) is 4.17. The van der Waals surface area contributed by atoms with Gasteiger partial charge in [-0.1, -0.05) is 26.0 Å². The number of benzene rings is 1. The predicted octanol–water partition coefficient (Wildman–Crippen LogP) is 3.65. The molecule has 0 spiro atoms. The van der Waals surface area contributed by atoms with Crippen molar-refractivity contribution in [3.63, 3.8) is 0 Å². The lowest BCUT2D eigenvalue weighted by molar-refractivity contribution is -0.104. The Kier molecular flexibility index (Phi) is 2.68. The number of para-hydroxylation sites is 2. The molecule has 0 atom stereocenters. The van der Waals surface area contributed by atoms with Crippen LogP contribution in [0.4, 0.5) is 11.4 Å². The van der Waals surface area contributed by atoms with Crippen molar-refractivity contribution in [2.45, 2.75) is 20.8 Å². The van der Waals surface area contributed by atoms with E-state index in [0.717, 1.165) is 40.2 Å². The largest absolute Gasteiger partial charge is 0.341 e. The van der Waals surface area contributed by atoms with Crippen LogP contribution >= 0.6 is 0 Å². The van der Waals surface area contributed by atoms with Crippen molar-refractivity contribution in [1.82, 2.24) is 0 Å². The lowest BCUT2D eigenvalue weighted by atomic mass is 9.82. The van der Waals surface area contributed by atoms with Crippen LogP contribution in [0.2, 0.25) is 0 Å². The number of rotatable bonds is 1. The van der Waals surface area contributed by atoms with E-state index in [0.29, 0.717) is 0 Å². The molecular weight excluding hydrogens is 248 g/mol. The van der Waals surface area contributed by atoms with Gasteiger partial charge in [-0.2, -0.15) is 0 Å². The van der Waals surface area contributed by atoms with Crippen LogP contribution in [0.1, 0.15) is 20.8 Å². The van der Waals surface area contributed by atoms with Crippen LogP contribution < -0.4 is 4.90 Å². The SMILES string of the molecule is CC1=C2C(=Nc3ccccc3N2C)C(C)(C)C1=CC=O. The van der Waals surface area contributed by atoms with Gasteiger partial charge in [0.2, 0.25) is 0 Å². The molecule has 0 amide bonds. The zero-order chi connectivity index (χ0) is 14.5. The van der Waals surface area contributed by atoms with Crippen molar-refractivity contribution in [2.24, 2.45) is 10.4 Å². The molecule has 20 heavy (non-hydrogen) atoms. The molecule has 0 bridgehead atoms. The maximum atomic E-state index is 10.9. The van der Waals surface area contributed by atoms with Gasteiger partial charge in [0.05, 0.1) is 22.8 Å². The molecule has 0 aromatic heterocycles. The van der Waals surface area contributed by atoms with E-state index in [2.05, 4.69) is 38.8 Å². The highest BCUT2D eigenvalue weighted by atomic mass is 16.1. The number of aliphatic imine (C=N–C) groups is 1. The fourth-order valence-electron chi connectivity index (χ4n) is 3.29. The molecule has 0 N–H and O–H groups in total. The number of anilines is 1. The average Bonchev–Trinajstić information content (AvgIpc) is 2.61. The molecule has 0 unspecified atom stereocenters. The summed E-state index contributed by atoms with van der Waals surface area (Å²) in [5.74, 6) is 0. The summed E-state index contributed by atoms with van der Waals surface area (Å²) in [5, 5.41) is 0. The Bertz CT molecular complexity index is 693. The third kappa shape index (κ3) is 1.52. The molecule has 0 saturated heterocycles. The molecule has 2 aliphatic rings. The van der Waals surface area contributed by atoms with Gasteiger partial charge in [0.15, 0.2) is 0 Å². The number of carbonyl (C=O) groups is 1. The standard InChI is InChI=1S/C17H18N2O/c1-11-12(9-10-20)17(2,3)16-15(11)19(4)14-8-6-5-7-13(14)18-16/h5-10H,1-4H3. The highest BCUT2D eigenvalue weighted by Crippen LogP contribution is 2.49. The van der Waals surface area contributed by atoms with Crippen molar-refractivity contribution in [2.75, 3.05) is 11.9 Å². The van der Waals surface area contributed by atoms with Crippen LogP contribution in [0.5, 0.6) is 0 Å². The molecule has 1 aromatic rings. The molecular formula is C17H18N2O. The molecule has 0 radical (unpaired) electrons. The molecule has 0 fully saturated rings. The Morgan fingerprint density at radius 3 is 2.65 bits per heavy atom. The summed E-state index contributed by atoms with van der Waals surface area (Å²) in [4.78, 5) is 18.0. The van der Waals surface area contributed by atoms with Gasteiger partial charge >= 0.3 is 0 Å². The minimum absolute atomic E-state index is 0.234. The van der Waals surface area contributed by atoms with Gasteiger partial charge in [0.1, 0.15) is 6.29 Å². The third-order valence-electron chi connectivity index (χ3n) is 4.29. The summed E-state index contributed by atoms with van der Waals surface area (Å²) in [6.45, 7) is 6.32. The van der Waals surface area contributed by atoms with E-state index in [1.807, 2.05) is 18.2 Å². The molecule has 1 aliphatic heterocycles. The predicted molar refractivity (Wildman–Crippen MR) is 82.6 cm³/mol. The first-order chi connectivity index (χ1) is 9.48. The summed E-state index contributed by atoms with van der Waals surface area (Å²) in [6.07, 6.45) is 2.54. The summed E-state index contributed by atoms with van der Waals surface area (Å²) in [6, 6.07) is 8.13. The Labute approximate surface area is 119 Å². The maximum Gasteiger partial charge on any atom is 0.143 e. The second-order valence-corrected chi connectivity index (χ2v) is 5.82. The summed E-state index contributed by atoms with van der Waals surface area (Å²) >= 11 is 0. The highest BCUT2D eigenvalue weighted by Gasteiger charge is 2.43. The first-order valence-corrected chi connectivity index (χ1v) is 6.78. The van der Waals surface area contributed by atoms with Crippen molar-refractivity contribution in [3.05, 3.63) is 47.2 Å². The summed E-state index contributed by atoms with van der Waals surface area (Å²) in [7, 11) is 2.06. The Hall–Kier alpha value is -2.16. The third-order valence-corrected chi connectivity index (χ3v) is 4.29. The number of allylic oxidation sites excluding steroid dienone is 4. The fraction of sp³-hybridized carbons (Fsp3) is 0.294. The quantitative estimate of drug-likeness (QED) is 0.574. The van der Waals surface area contributed by atoms with Crippen LogP contribution in [0.3, 0.4) is 0 Å². The number of fused-ring (bicyclic) bond motifs is 2. The Balaban J connectivity index is 2.31. The topological polar surface area (TPSA) is 32.7 Å². The van der Waals surface area contributed by atoms with E-state index in [-0.39, 0.29) is 5.41 Å². The first-order valence-electron chi connectivity index (χ1n) is 6.78. The van der Waals surface area contributed by atoms with Gasteiger partial charge in [-0.25, -0.2) is 4.99 Å². The number of aldehydes is 1. The molecule has 0 saturated carbocycles. The summed E-state index contributed by atoms with van der Waals surface area (Å²) in [5.41, 5.74) is 6.22. The molecule has 3 heteroatoms. The molecule has 3 nitrogen and oxygen atoms in total. The van der Waals surface area contributed by atoms with Crippen molar-refractivity contribution >= 4 is 23.4 Å². The highest BCUT2D eigenvalue weighted by molar-refractivity contribution is 6.16. The molecule has 1 aliphatic carbocycles. The van der Waals surface area contributed by atoms with Crippen LogP contribution in [0.25, 0.3) is 0 Å². The number of hydrogen-bond acceptors (Lipinski definition) is 3. The van der Waals surface area contributed by atoms with Crippen molar-refractivity contribution in [3.8, 4) is 0 Å². The van der Waals surface area contributed by atoms with Gasteiger partial charge in [0.25, 0.3) is 0 Å². The van der Waals surface area contributed by atoms with Crippen molar-refractivity contribution < 1.29 is 4.79 Å². The van der Waals surface area contributed by atoms with Crippen LogP contribution in [-0.2, 0) is 4.79 Å². The molecule has 3 rings (SSSR count). The number of hydrogen-bond donors (Lipinski definition) is 0. The van der Waals surface area contributed by atoms with Crippen molar-refractivity contribution in [1.29, 1.82) is 0 Å². The number of nitrogens with zero attached hydrogens (tertiary/aromatic N) is 2. The van der Waals surface area contributed by atoms with Gasteiger partial charge in [-0.3, -0.25) is 4.79 Å². The van der Waals surface area contributed by atoms with Gasteiger partial charge in [-0.15, -0.1) is 0 Å². The Morgan fingerprint density at radius 1 is 1.25 bits per heavy atom. The number of carbonyl (C=O) groups excluding carboxylic acids is 1. The maximum absolute atomic E-state index is 10.9.